The van der Waals surface area contributed by atoms with Crippen molar-refractivity contribution in [3.63, 3.8) is 0 Å². The SMILES string of the molecule is CC(CN(C)C)NCCc1ccc2ccccc2c1. The Bertz CT molecular complexity index is 519. The van der Waals surface area contributed by atoms with Gasteiger partial charge < -0.3 is 10.2 Å². The zero-order valence-corrected chi connectivity index (χ0v) is 12.2. The summed E-state index contributed by atoms with van der Waals surface area (Å²) in [7, 11) is 4.23. The van der Waals surface area contributed by atoms with Crippen LogP contribution in [0, 0.1) is 0 Å². The van der Waals surface area contributed by atoms with E-state index in [9.17, 15) is 0 Å². The molecule has 0 radical (unpaired) electrons. The van der Waals surface area contributed by atoms with Gasteiger partial charge in [-0.05, 0) is 50.3 Å². The summed E-state index contributed by atoms with van der Waals surface area (Å²) in [5.74, 6) is 0. The van der Waals surface area contributed by atoms with E-state index in [1.165, 1.54) is 16.3 Å². The minimum absolute atomic E-state index is 0.537. The second-order valence-corrected chi connectivity index (χ2v) is 5.55. The summed E-state index contributed by atoms with van der Waals surface area (Å²) in [6.45, 7) is 4.35. The second kappa shape index (κ2) is 6.69. The van der Waals surface area contributed by atoms with Gasteiger partial charge in [-0.2, -0.15) is 0 Å². The Morgan fingerprint density at radius 2 is 1.79 bits per heavy atom. The number of hydrogen-bond acceptors (Lipinski definition) is 2. The van der Waals surface area contributed by atoms with Gasteiger partial charge in [0.15, 0.2) is 0 Å². The van der Waals surface area contributed by atoms with E-state index in [0.717, 1.165) is 19.5 Å². The van der Waals surface area contributed by atoms with E-state index < -0.39 is 0 Å². The van der Waals surface area contributed by atoms with E-state index in [1.807, 2.05) is 0 Å². The number of rotatable bonds is 6. The minimum Gasteiger partial charge on any atom is -0.313 e. The first-order valence-corrected chi connectivity index (χ1v) is 7.01. The largest absolute Gasteiger partial charge is 0.313 e. The van der Waals surface area contributed by atoms with Gasteiger partial charge in [0.05, 0.1) is 0 Å². The van der Waals surface area contributed by atoms with Gasteiger partial charge in [-0.15, -0.1) is 0 Å². The lowest BCUT2D eigenvalue weighted by atomic mass is 10.1. The molecule has 0 saturated carbocycles. The van der Waals surface area contributed by atoms with E-state index >= 15 is 0 Å². The summed E-state index contributed by atoms with van der Waals surface area (Å²) in [5.41, 5.74) is 1.41. The Morgan fingerprint density at radius 3 is 2.53 bits per heavy atom. The summed E-state index contributed by atoms with van der Waals surface area (Å²) in [6, 6.07) is 15.8. The molecule has 19 heavy (non-hydrogen) atoms. The van der Waals surface area contributed by atoms with Crippen LogP contribution < -0.4 is 5.32 Å². The highest BCUT2D eigenvalue weighted by Crippen LogP contribution is 2.15. The topological polar surface area (TPSA) is 15.3 Å². The van der Waals surface area contributed by atoms with Crippen LogP contribution in [0.2, 0.25) is 0 Å². The quantitative estimate of drug-likeness (QED) is 0.855. The maximum absolute atomic E-state index is 3.57. The third-order valence-corrected chi connectivity index (χ3v) is 3.36. The van der Waals surface area contributed by atoms with E-state index in [2.05, 4.69) is 73.7 Å². The molecule has 2 heteroatoms. The van der Waals surface area contributed by atoms with Crippen molar-refractivity contribution in [2.45, 2.75) is 19.4 Å². The van der Waals surface area contributed by atoms with Crippen LogP contribution in [0.3, 0.4) is 0 Å². The Morgan fingerprint density at radius 1 is 1.05 bits per heavy atom. The van der Waals surface area contributed by atoms with Crippen molar-refractivity contribution < 1.29 is 0 Å². The van der Waals surface area contributed by atoms with Gasteiger partial charge in [-0.1, -0.05) is 42.5 Å². The molecule has 0 spiro atoms. The number of benzene rings is 2. The number of likely N-dealkylation sites (N-methyl/N-ethyl adjacent to an activating group) is 1. The molecule has 0 bridgehead atoms. The fourth-order valence-electron chi connectivity index (χ4n) is 2.47. The first-order valence-electron chi connectivity index (χ1n) is 7.01. The zero-order valence-electron chi connectivity index (χ0n) is 12.2. The molecule has 2 aromatic rings. The van der Waals surface area contributed by atoms with Gasteiger partial charge >= 0.3 is 0 Å². The lowest BCUT2D eigenvalue weighted by Gasteiger charge is -2.18. The summed E-state index contributed by atoms with van der Waals surface area (Å²) in [6.07, 6.45) is 1.09. The summed E-state index contributed by atoms with van der Waals surface area (Å²) in [5, 5.41) is 6.22. The smallest absolute Gasteiger partial charge is 0.0166 e. The minimum atomic E-state index is 0.537. The average Bonchev–Trinajstić information content (AvgIpc) is 2.37. The van der Waals surface area contributed by atoms with Crippen molar-refractivity contribution >= 4 is 10.8 Å². The molecule has 1 atom stereocenters. The first-order chi connectivity index (χ1) is 9.15. The third kappa shape index (κ3) is 4.34. The van der Waals surface area contributed by atoms with Crippen molar-refractivity contribution in [2.24, 2.45) is 0 Å². The molecule has 2 nitrogen and oxygen atoms in total. The van der Waals surface area contributed by atoms with Crippen LogP contribution in [-0.2, 0) is 6.42 Å². The molecule has 1 N–H and O–H groups in total. The van der Waals surface area contributed by atoms with Crippen LogP contribution in [0.15, 0.2) is 42.5 Å². The van der Waals surface area contributed by atoms with Gasteiger partial charge in [0, 0.05) is 12.6 Å². The second-order valence-electron chi connectivity index (χ2n) is 5.55. The molecule has 0 amide bonds. The maximum atomic E-state index is 3.57. The fourth-order valence-corrected chi connectivity index (χ4v) is 2.47. The molecule has 2 aromatic carbocycles. The van der Waals surface area contributed by atoms with Crippen LogP contribution in [0.4, 0.5) is 0 Å². The highest BCUT2D eigenvalue weighted by molar-refractivity contribution is 5.82. The Kier molecular flexibility index (Phi) is 4.94. The molecule has 0 saturated heterocycles. The zero-order chi connectivity index (χ0) is 13.7. The van der Waals surface area contributed by atoms with Gasteiger partial charge in [-0.25, -0.2) is 0 Å². The lowest BCUT2D eigenvalue weighted by molar-refractivity contribution is 0.351. The molecule has 2 rings (SSSR count). The van der Waals surface area contributed by atoms with Crippen molar-refractivity contribution in [3.8, 4) is 0 Å². The summed E-state index contributed by atoms with van der Waals surface area (Å²) >= 11 is 0. The standard InChI is InChI=1S/C17H24N2/c1-14(13-19(2)3)18-11-10-15-8-9-16-6-4-5-7-17(16)12-15/h4-9,12,14,18H,10-11,13H2,1-3H3. The van der Waals surface area contributed by atoms with Crippen LogP contribution in [-0.4, -0.2) is 38.1 Å². The van der Waals surface area contributed by atoms with Crippen molar-refractivity contribution in [2.75, 3.05) is 27.2 Å². The van der Waals surface area contributed by atoms with E-state index in [-0.39, 0.29) is 0 Å². The molecular formula is C17H24N2. The summed E-state index contributed by atoms with van der Waals surface area (Å²) < 4.78 is 0. The monoisotopic (exact) mass is 256 g/mol. The number of nitrogens with one attached hydrogen (secondary N) is 1. The first kappa shape index (κ1) is 14.0. The van der Waals surface area contributed by atoms with Crippen molar-refractivity contribution in [1.29, 1.82) is 0 Å². The molecule has 0 aliphatic heterocycles. The highest BCUT2D eigenvalue weighted by atomic mass is 15.1. The molecule has 0 heterocycles. The molecule has 0 aromatic heterocycles. The maximum Gasteiger partial charge on any atom is 0.0166 e. The van der Waals surface area contributed by atoms with Gasteiger partial charge in [0.1, 0.15) is 0 Å². The number of hydrogen-bond donors (Lipinski definition) is 1. The van der Waals surface area contributed by atoms with Crippen molar-refractivity contribution in [1.82, 2.24) is 10.2 Å². The van der Waals surface area contributed by atoms with Gasteiger partial charge in [0.2, 0.25) is 0 Å². The van der Waals surface area contributed by atoms with Crippen LogP contribution in [0.5, 0.6) is 0 Å². The predicted octanol–water partition coefficient (Wildman–Crippen LogP) is 2.92. The van der Waals surface area contributed by atoms with E-state index in [4.69, 9.17) is 0 Å². The Hall–Kier alpha value is -1.38. The van der Waals surface area contributed by atoms with E-state index in [0.29, 0.717) is 6.04 Å². The molecule has 0 aliphatic rings. The lowest BCUT2D eigenvalue weighted by Crippen LogP contribution is -2.36. The molecule has 0 aliphatic carbocycles. The summed E-state index contributed by atoms with van der Waals surface area (Å²) in [4.78, 5) is 2.22. The van der Waals surface area contributed by atoms with E-state index in [1.54, 1.807) is 0 Å². The molecule has 0 fully saturated rings. The van der Waals surface area contributed by atoms with Crippen molar-refractivity contribution in [3.05, 3.63) is 48.0 Å². The molecule has 1 unspecified atom stereocenters. The van der Waals surface area contributed by atoms with Gasteiger partial charge in [0.25, 0.3) is 0 Å². The van der Waals surface area contributed by atoms with Crippen LogP contribution in [0.25, 0.3) is 10.8 Å². The predicted molar refractivity (Wildman–Crippen MR) is 83.7 cm³/mol. The Balaban J connectivity index is 1.88. The van der Waals surface area contributed by atoms with Crippen LogP contribution >= 0.6 is 0 Å². The molecule has 102 valence electrons. The fraction of sp³-hybridized carbons (Fsp3) is 0.412. The highest BCUT2D eigenvalue weighted by Gasteiger charge is 2.02. The van der Waals surface area contributed by atoms with Crippen LogP contribution in [0.1, 0.15) is 12.5 Å². The normalized spacial score (nSPS) is 13.1. The average molecular weight is 256 g/mol. The van der Waals surface area contributed by atoms with Gasteiger partial charge in [-0.3, -0.25) is 0 Å². The molecular weight excluding hydrogens is 232 g/mol. The third-order valence-electron chi connectivity index (χ3n) is 3.36. The number of nitrogens with zero attached hydrogens (tertiary/aromatic N) is 1. The Labute approximate surface area is 116 Å². The number of fused-ring (bicyclic) bond motifs is 1.